The lowest BCUT2D eigenvalue weighted by Crippen LogP contribution is -2.38. The number of carbonyl (C=O) groups excluding carboxylic acids is 2. The van der Waals surface area contributed by atoms with E-state index in [0.717, 1.165) is 19.6 Å². The number of nitrogens with one attached hydrogen (secondary N) is 1. The zero-order valence-corrected chi connectivity index (χ0v) is 19.0. The van der Waals surface area contributed by atoms with Gasteiger partial charge >= 0.3 is 0 Å². The van der Waals surface area contributed by atoms with E-state index in [4.69, 9.17) is 16.3 Å². The van der Waals surface area contributed by atoms with Crippen molar-refractivity contribution in [2.45, 2.75) is 26.3 Å². The largest absolute Gasteiger partial charge is 0.507 e. The minimum absolute atomic E-state index is 0.0660. The van der Waals surface area contributed by atoms with Crippen LogP contribution in [0.15, 0.2) is 29.8 Å². The summed E-state index contributed by atoms with van der Waals surface area (Å²) in [6.45, 7) is 7.82. The fourth-order valence-electron chi connectivity index (χ4n) is 4.46. The number of aliphatic hydroxyl groups excluding tert-OH is 1. The van der Waals surface area contributed by atoms with Crippen molar-refractivity contribution in [2.24, 2.45) is 0 Å². The molecule has 0 bridgehead atoms. The Morgan fingerprint density at radius 3 is 2.66 bits per heavy atom. The molecule has 8 nitrogen and oxygen atoms in total. The number of rotatable bonds is 6. The second-order valence-corrected chi connectivity index (χ2v) is 8.60. The van der Waals surface area contributed by atoms with Crippen molar-refractivity contribution in [3.63, 3.8) is 0 Å². The van der Waals surface area contributed by atoms with E-state index in [0.29, 0.717) is 53.7 Å². The number of halogens is 1. The Labute approximate surface area is 191 Å². The predicted molar refractivity (Wildman–Crippen MR) is 120 cm³/mol. The molecule has 0 saturated carbocycles. The van der Waals surface area contributed by atoms with E-state index in [9.17, 15) is 14.7 Å². The summed E-state index contributed by atoms with van der Waals surface area (Å²) < 4.78 is 5.39. The van der Waals surface area contributed by atoms with Gasteiger partial charge in [-0.25, -0.2) is 0 Å². The normalized spacial score (nSPS) is 21.5. The molecule has 2 saturated heterocycles. The number of aryl methyl sites for hydroxylation is 2. The molecule has 170 valence electrons. The van der Waals surface area contributed by atoms with Gasteiger partial charge in [0.2, 0.25) is 0 Å². The lowest BCUT2D eigenvalue weighted by molar-refractivity contribution is -0.140. The molecule has 1 aromatic carbocycles. The number of benzene rings is 1. The average Bonchev–Trinajstić information content (AvgIpc) is 3.24. The fourth-order valence-corrected chi connectivity index (χ4v) is 4.66. The third kappa shape index (κ3) is 4.30. The molecular weight excluding hydrogens is 432 g/mol. The number of morpholine rings is 1. The molecule has 0 spiro atoms. The number of hydrogen-bond acceptors (Lipinski definition) is 6. The summed E-state index contributed by atoms with van der Waals surface area (Å²) in [7, 11) is 0. The van der Waals surface area contributed by atoms with Gasteiger partial charge in [-0.05, 0) is 38.0 Å². The first kappa shape index (κ1) is 22.5. The van der Waals surface area contributed by atoms with Crippen molar-refractivity contribution in [1.29, 1.82) is 0 Å². The molecule has 3 heterocycles. The van der Waals surface area contributed by atoms with E-state index < -0.39 is 17.7 Å². The zero-order chi connectivity index (χ0) is 22.8. The molecule has 32 heavy (non-hydrogen) atoms. The summed E-state index contributed by atoms with van der Waals surface area (Å²) in [6, 6.07) is 6.35. The molecule has 2 N–H and O–H groups in total. The van der Waals surface area contributed by atoms with Crippen LogP contribution in [0, 0.1) is 13.8 Å². The number of nitrogens with zero attached hydrogens (tertiary/aromatic N) is 3. The molecule has 1 atom stereocenters. The van der Waals surface area contributed by atoms with E-state index in [1.54, 1.807) is 36.9 Å². The van der Waals surface area contributed by atoms with Crippen molar-refractivity contribution >= 4 is 29.1 Å². The number of Topliss-reactive ketones (excluding diaryl/α,β-unsaturated/α-hetero) is 1. The molecule has 0 aliphatic carbocycles. The Balaban J connectivity index is 1.70. The van der Waals surface area contributed by atoms with Crippen LogP contribution in [0.2, 0.25) is 5.02 Å². The number of carbonyl (C=O) groups is 2. The molecule has 1 aromatic heterocycles. The summed E-state index contributed by atoms with van der Waals surface area (Å²) >= 11 is 6.23. The van der Waals surface area contributed by atoms with Crippen LogP contribution in [0.3, 0.4) is 0 Å². The first-order valence-corrected chi connectivity index (χ1v) is 11.1. The lowest BCUT2D eigenvalue weighted by Gasteiger charge is -2.29. The van der Waals surface area contributed by atoms with Crippen molar-refractivity contribution in [3.05, 3.63) is 57.4 Å². The first-order chi connectivity index (χ1) is 15.4. The summed E-state index contributed by atoms with van der Waals surface area (Å²) in [5, 5.41) is 18.6. The highest BCUT2D eigenvalue weighted by Gasteiger charge is 2.46. The SMILES string of the molecule is Cc1n[nH]c(C)c1/C(O)=C1\C(=O)C(=O)N(CCCN2CCOCC2)C1c1cccc(Cl)c1. The van der Waals surface area contributed by atoms with E-state index in [1.807, 2.05) is 6.07 Å². The molecule has 2 aromatic rings. The highest BCUT2D eigenvalue weighted by Crippen LogP contribution is 2.40. The van der Waals surface area contributed by atoms with E-state index in [-0.39, 0.29) is 11.3 Å². The molecule has 1 unspecified atom stereocenters. The monoisotopic (exact) mass is 458 g/mol. The van der Waals surface area contributed by atoms with Crippen molar-refractivity contribution < 1.29 is 19.4 Å². The number of likely N-dealkylation sites (tertiary alicyclic amines) is 1. The minimum atomic E-state index is -0.716. The first-order valence-electron chi connectivity index (χ1n) is 10.7. The summed E-state index contributed by atoms with van der Waals surface area (Å²) in [4.78, 5) is 30.0. The van der Waals surface area contributed by atoms with E-state index in [2.05, 4.69) is 15.1 Å². The number of aromatic amines is 1. The van der Waals surface area contributed by atoms with Crippen LogP contribution < -0.4 is 0 Å². The van der Waals surface area contributed by atoms with Gasteiger partial charge < -0.3 is 14.7 Å². The maximum Gasteiger partial charge on any atom is 0.295 e. The predicted octanol–water partition coefficient (Wildman–Crippen LogP) is 2.82. The van der Waals surface area contributed by atoms with Gasteiger partial charge in [-0.15, -0.1) is 0 Å². The summed E-state index contributed by atoms with van der Waals surface area (Å²) in [6.07, 6.45) is 0.702. The highest BCUT2D eigenvalue weighted by atomic mass is 35.5. The fraction of sp³-hybridized carbons (Fsp3) is 0.435. The maximum absolute atomic E-state index is 13.1. The van der Waals surface area contributed by atoms with Gasteiger partial charge in [0.05, 0.1) is 36.1 Å². The second kappa shape index (κ2) is 9.44. The topological polar surface area (TPSA) is 98.8 Å². The summed E-state index contributed by atoms with van der Waals surface area (Å²) in [5.41, 5.74) is 2.38. The van der Waals surface area contributed by atoms with Crippen LogP contribution in [-0.2, 0) is 14.3 Å². The Morgan fingerprint density at radius 1 is 1.25 bits per heavy atom. The van der Waals surface area contributed by atoms with Gasteiger partial charge in [0.25, 0.3) is 11.7 Å². The van der Waals surface area contributed by atoms with Crippen LogP contribution in [-0.4, -0.2) is 76.2 Å². The number of hydrogen-bond donors (Lipinski definition) is 2. The molecule has 0 radical (unpaired) electrons. The standard InChI is InChI=1S/C23H27ClN4O4/c1-14-18(15(2)26-25-14)21(29)19-20(16-5-3-6-17(24)13-16)28(23(31)22(19)30)8-4-7-27-9-11-32-12-10-27/h3,5-6,13,20,29H,4,7-12H2,1-2H3,(H,25,26)/b21-19+. The third-order valence-corrected chi connectivity index (χ3v) is 6.28. The number of ketones is 1. The van der Waals surface area contributed by atoms with Crippen LogP contribution in [0.4, 0.5) is 0 Å². The minimum Gasteiger partial charge on any atom is -0.507 e. The Bertz CT molecular complexity index is 1040. The number of aliphatic hydroxyl groups is 1. The van der Waals surface area contributed by atoms with Crippen molar-refractivity contribution in [2.75, 3.05) is 39.4 Å². The summed E-state index contributed by atoms with van der Waals surface area (Å²) in [5.74, 6) is -1.52. The second-order valence-electron chi connectivity index (χ2n) is 8.16. The van der Waals surface area contributed by atoms with Crippen LogP contribution in [0.1, 0.15) is 35.0 Å². The highest BCUT2D eigenvalue weighted by molar-refractivity contribution is 6.46. The van der Waals surface area contributed by atoms with Crippen LogP contribution in [0.25, 0.3) is 5.76 Å². The molecular formula is C23H27ClN4O4. The van der Waals surface area contributed by atoms with Crippen molar-refractivity contribution in [3.8, 4) is 0 Å². The van der Waals surface area contributed by atoms with Crippen molar-refractivity contribution in [1.82, 2.24) is 20.0 Å². The Hall–Kier alpha value is -2.68. The van der Waals surface area contributed by atoms with Gasteiger partial charge in [0.1, 0.15) is 5.76 Å². The number of aromatic nitrogens is 2. The zero-order valence-electron chi connectivity index (χ0n) is 18.2. The Morgan fingerprint density at radius 2 is 2.00 bits per heavy atom. The molecule has 2 aliphatic heterocycles. The van der Waals surface area contributed by atoms with Gasteiger partial charge in [-0.3, -0.25) is 19.6 Å². The number of amides is 1. The Kier molecular flexibility index (Phi) is 6.64. The molecule has 9 heteroatoms. The number of H-pyrrole nitrogens is 1. The van der Waals surface area contributed by atoms with E-state index >= 15 is 0 Å². The number of ether oxygens (including phenoxy) is 1. The third-order valence-electron chi connectivity index (χ3n) is 6.05. The van der Waals surface area contributed by atoms with Gasteiger partial charge in [-0.2, -0.15) is 5.10 Å². The smallest absolute Gasteiger partial charge is 0.295 e. The van der Waals surface area contributed by atoms with Crippen LogP contribution in [0.5, 0.6) is 0 Å². The van der Waals surface area contributed by atoms with Gasteiger partial charge in [0.15, 0.2) is 0 Å². The van der Waals surface area contributed by atoms with Gasteiger partial charge in [-0.1, -0.05) is 23.7 Å². The lowest BCUT2D eigenvalue weighted by atomic mass is 9.94. The van der Waals surface area contributed by atoms with Crippen LogP contribution >= 0.6 is 11.6 Å². The molecule has 1 amide bonds. The molecule has 4 rings (SSSR count). The maximum atomic E-state index is 13.1. The van der Waals surface area contributed by atoms with Gasteiger partial charge in [0, 0.05) is 36.9 Å². The molecule has 2 fully saturated rings. The quantitative estimate of drug-likeness (QED) is 0.392. The molecule has 2 aliphatic rings. The van der Waals surface area contributed by atoms with E-state index in [1.165, 1.54) is 0 Å². The average molecular weight is 459 g/mol.